The van der Waals surface area contributed by atoms with E-state index in [1.807, 2.05) is 31.2 Å². The van der Waals surface area contributed by atoms with E-state index >= 15 is 0 Å². The van der Waals surface area contributed by atoms with Crippen LogP contribution in [0.25, 0.3) is 0 Å². The van der Waals surface area contributed by atoms with E-state index in [1.54, 1.807) is 14.2 Å². The van der Waals surface area contributed by atoms with Crippen LogP contribution < -0.4 is 9.47 Å². The number of benzene rings is 1. The molecule has 0 spiro atoms. The van der Waals surface area contributed by atoms with E-state index in [9.17, 15) is 0 Å². The summed E-state index contributed by atoms with van der Waals surface area (Å²) in [4.78, 5) is 4.52. The van der Waals surface area contributed by atoms with Crippen molar-refractivity contribution in [2.24, 2.45) is 4.99 Å². The van der Waals surface area contributed by atoms with E-state index in [0.717, 1.165) is 35.7 Å². The maximum absolute atomic E-state index is 5.32. The van der Waals surface area contributed by atoms with Crippen molar-refractivity contribution in [2.45, 2.75) is 13.3 Å². The number of rotatable bonds is 3. The molecule has 1 aromatic carbocycles. The molecule has 90 valence electrons. The van der Waals surface area contributed by atoms with Gasteiger partial charge in [-0.15, -0.1) is 0 Å². The van der Waals surface area contributed by atoms with Crippen molar-refractivity contribution >= 4 is 5.71 Å². The van der Waals surface area contributed by atoms with Gasteiger partial charge in [-0.1, -0.05) is 6.08 Å². The van der Waals surface area contributed by atoms with E-state index in [0.29, 0.717) is 0 Å². The highest BCUT2D eigenvalue weighted by Gasteiger charge is 2.16. The molecule has 0 aromatic heterocycles. The van der Waals surface area contributed by atoms with Crippen LogP contribution in [0.3, 0.4) is 0 Å². The fourth-order valence-electron chi connectivity index (χ4n) is 2.05. The zero-order valence-corrected chi connectivity index (χ0v) is 10.5. The number of hydrogen-bond acceptors (Lipinski definition) is 3. The average Bonchev–Trinajstić information content (AvgIpc) is 2.38. The minimum absolute atomic E-state index is 0.755. The predicted octanol–water partition coefficient (Wildman–Crippen LogP) is 2.63. The Morgan fingerprint density at radius 3 is 2.53 bits per heavy atom. The summed E-state index contributed by atoms with van der Waals surface area (Å²) < 4.78 is 10.6. The Balaban J connectivity index is 2.53. The molecule has 0 amide bonds. The molecule has 1 aliphatic heterocycles. The largest absolute Gasteiger partial charge is 0.493 e. The maximum atomic E-state index is 5.32. The zero-order valence-electron chi connectivity index (χ0n) is 10.5. The Labute approximate surface area is 102 Å². The lowest BCUT2D eigenvalue weighted by molar-refractivity contribution is 0.354. The highest BCUT2D eigenvalue weighted by molar-refractivity contribution is 6.10. The van der Waals surface area contributed by atoms with Crippen LogP contribution >= 0.6 is 0 Å². The van der Waals surface area contributed by atoms with Crippen LogP contribution in [0, 0.1) is 0 Å². The average molecular weight is 231 g/mol. The van der Waals surface area contributed by atoms with Gasteiger partial charge in [0.2, 0.25) is 0 Å². The van der Waals surface area contributed by atoms with Gasteiger partial charge in [-0.2, -0.15) is 0 Å². The SMILES string of the molecule is CC=CC1=NCCc2cc(OC)c(OC)cc21. The van der Waals surface area contributed by atoms with Crippen LogP contribution in [0.2, 0.25) is 0 Å². The number of aliphatic imine (C=N–C) groups is 1. The second-order valence-electron chi connectivity index (χ2n) is 3.88. The third-order valence-corrected chi connectivity index (χ3v) is 2.87. The summed E-state index contributed by atoms with van der Waals surface area (Å²) in [5.41, 5.74) is 3.44. The van der Waals surface area contributed by atoms with Gasteiger partial charge in [-0.25, -0.2) is 0 Å². The summed E-state index contributed by atoms with van der Waals surface area (Å²) in [5.74, 6) is 1.54. The van der Waals surface area contributed by atoms with Gasteiger partial charge >= 0.3 is 0 Å². The van der Waals surface area contributed by atoms with Crippen LogP contribution in [0.1, 0.15) is 18.1 Å². The van der Waals surface area contributed by atoms with Crippen molar-refractivity contribution in [3.8, 4) is 11.5 Å². The summed E-state index contributed by atoms with van der Waals surface area (Å²) >= 11 is 0. The van der Waals surface area contributed by atoms with E-state index in [4.69, 9.17) is 9.47 Å². The number of ether oxygens (including phenoxy) is 2. The second-order valence-corrected chi connectivity index (χ2v) is 3.88. The van der Waals surface area contributed by atoms with Gasteiger partial charge in [0.15, 0.2) is 11.5 Å². The molecule has 3 heteroatoms. The topological polar surface area (TPSA) is 30.8 Å². The fraction of sp³-hybridized carbons (Fsp3) is 0.357. The van der Waals surface area contributed by atoms with Gasteiger partial charge in [0, 0.05) is 12.1 Å². The quantitative estimate of drug-likeness (QED) is 0.800. The summed E-state index contributed by atoms with van der Waals surface area (Å²) in [6.45, 7) is 2.83. The molecule has 0 N–H and O–H groups in total. The molecule has 0 atom stereocenters. The molecular formula is C14H17NO2. The Hall–Kier alpha value is -1.77. The molecule has 3 nitrogen and oxygen atoms in total. The summed E-state index contributed by atoms with van der Waals surface area (Å²) in [6.07, 6.45) is 4.99. The van der Waals surface area contributed by atoms with Crippen molar-refractivity contribution in [2.75, 3.05) is 20.8 Å². The Kier molecular flexibility index (Phi) is 3.47. The number of methoxy groups -OCH3 is 2. The highest BCUT2D eigenvalue weighted by atomic mass is 16.5. The first-order valence-electron chi connectivity index (χ1n) is 5.72. The summed E-state index contributed by atoms with van der Waals surface area (Å²) in [6, 6.07) is 4.05. The smallest absolute Gasteiger partial charge is 0.161 e. The third kappa shape index (κ3) is 2.18. The first-order valence-corrected chi connectivity index (χ1v) is 5.72. The van der Waals surface area contributed by atoms with E-state index in [2.05, 4.69) is 4.99 Å². The minimum atomic E-state index is 0.755. The molecule has 0 fully saturated rings. The normalized spacial score (nSPS) is 14.4. The molecule has 1 aromatic rings. The predicted molar refractivity (Wildman–Crippen MR) is 69.5 cm³/mol. The minimum Gasteiger partial charge on any atom is -0.493 e. The molecule has 2 rings (SSSR count). The first-order chi connectivity index (χ1) is 8.30. The number of hydrogen-bond donors (Lipinski definition) is 0. The van der Waals surface area contributed by atoms with E-state index in [1.165, 1.54) is 5.56 Å². The lowest BCUT2D eigenvalue weighted by atomic mass is 9.96. The van der Waals surface area contributed by atoms with Gasteiger partial charge in [-0.3, -0.25) is 4.99 Å². The Morgan fingerprint density at radius 1 is 1.18 bits per heavy atom. The van der Waals surface area contributed by atoms with Crippen molar-refractivity contribution < 1.29 is 9.47 Å². The standard InChI is InChI=1S/C14H17NO2/c1-4-5-12-11-9-14(17-3)13(16-2)8-10(11)6-7-15-12/h4-5,8-9H,6-7H2,1-3H3. The molecular weight excluding hydrogens is 214 g/mol. The number of nitrogens with zero attached hydrogens (tertiary/aromatic N) is 1. The van der Waals surface area contributed by atoms with Crippen LogP contribution in [0.4, 0.5) is 0 Å². The van der Waals surface area contributed by atoms with Crippen molar-refractivity contribution in [1.82, 2.24) is 0 Å². The number of allylic oxidation sites excluding steroid dienone is 2. The lowest BCUT2D eigenvalue weighted by Gasteiger charge is -2.18. The third-order valence-electron chi connectivity index (χ3n) is 2.87. The summed E-state index contributed by atoms with van der Waals surface area (Å²) in [7, 11) is 3.31. The molecule has 0 aliphatic carbocycles. The van der Waals surface area contributed by atoms with Gasteiger partial charge in [0.1, 0.15) is 0 Å². The van der Waals surface area contributed by atoms with E-state index in [-0.39, 0.29) is 0 Å². The Morgan fingerprint density at radius 2 is 1.88 bits per heavy atom. The second kappa shape index (κ2) is 5.04. The van der Waals surface area contributed by atoms with Crippen molar-refractivity contribution in [3.63, 3.8) is 0 Å². The fourth-order valence-corrected chi connectivity index (χ4v) is 2.05. The van der Waals surface area contributed by atoms with Crippen LogP contribution in [-0.2, 0) is 6.42 Å². The van der Waals surface area contributed by atoms with Crippen molar-refractivity contribution in [3.05, 3.63) is 35.4 Å². The van der Waals surface area contributed by atoms with Crippen LogP contribution in [-0.4, -0.2) is 26.5 Å². The van der Waals surface area contributed by atoms with E-state index < -0.39 is 0 Å². The molecule has 17 heavy (non-hydrogen) atoms. The highest BCUT2D eigenvalue weighted by Crippen LogP contribution is 2.32. The zero-order chi connectivity index (χ0) is 12.3. The van der Waals surface area contributed by atoms with Gasteiger partial charge in [-0.05, 0) is 37.1 Å². The molecule has 0 saturated heterocycles. The first kappa shape index (κ1) is 11.7. The molecule has 0 unspecified atom stereocenters. The molecule has 0 radical (unpaired) electrons. The van der Waals surface area contributed by atoms with Gasteiger partial charge in [0.05, 0.1) is 19.9 Å². The molecule has 1 heterocycles. The van der Waals surface area contributed by atoms with Crippen LogP contribution in [0.5, 0.6) is 11.5 Å². The molecule has 0 bridgehead atoms. The van der Waals surface area contributed by atoms with Crippen molar-refractivity contribution in [1.29, 1.82) is 0 Å². The van der Waals surface area contributed by atoms with Gasteiger partial charge < -0.3 is 9.47 Å². The van der Waals surface area contributed by atoms with Crippen LogP contribution in [0.15, 0.2) is 29.3 Å². The monoisotopic (exact) mass is 231 g/mol. The lowest BCUT2D eigenvalue weighted by Crippen LogP contribution is -2.11. The summed E-state index contributed by atoms with van der Waals surface area (Å²) in [5, 5.41) is 0. The maximum Gasteiger partial charge on any atom is 0.161 e. The molecule has 0 saturated carbocycles. The molecule has 1 aliphatic rings. The number of fused-ring (bicyclic) bond motifs is 1. The Bertz CT molecular complexity index is 475. The van der Waals surface area contributed by atoms with Gasteiger partial charge in [0.25, 0.3) is 0 Å².